The maximum atomic E-state index is 11.5. The van der Waals surface area contributed by atoms with Gasteiger partial charge in [0.05, 0.1) is 0 Å². The molecular formula is C14H21N3O2. The average molecular weight is 263 g/mol. The second-order valence-electron chi connectivity index (χ2n) is 4.37. The minimum Gasteiger partial charge on any atom is -0.352 e. The lowest BCUT2D eigenvalue weighted by molar-refractivity contribution is -0.121. The van der Waals surface area contributed by atoms with Gasteiger partial charge in [-0.25, -0.2) is 0 Å². The number of carbonyl (C=O) groups is 2. The van der Waals surface area contributed by atoms with Crippen molar-refractivity contribution >= 4 is 17.5 Å². The Balaban J connectivity index is 2.40. The van der Waals surface area contributed by atoms with Gasteiger partial charge in [-0.1, -0.05) is 12.1 Å². The molecule has 5 nitrogen and oxygen atoms in total. The fraction of sp³-hybridized carbons (Fsp3) is 0.429. The molecule has 0 saturated carbocycles. The largest absolute Gasteiger partial charge is 0.352 e. The number of hydrogen-bond donors (Lipinski definition) is 3. The van der Waals surface area contributed by atoms with Crippen LogP contribution in [0.5, 0.6) is 0 Å². The van der Waals surface area contributed by atoms with Crippen molar-refractivity contribution in [2.75, 3.05) is 18.9 Å². The molecule has 0 radical (unpaired) electrons. The molecule has 0 fully saturated rings. The first-order valence-electron chi connectivity index (χ1n) is 6.39. The highest BCUT2D eigenvalue weighted by Crippen LogP contribution is 2.10. The Kier molecular flexibility index (Phi) is 6.60. The second kappa shape index (κ2) is 8.26. The Morgan fingerprint density at radius 2 is 2.05 bits per heavy atom. The molecule has 0 heterocycles. The maximum Gasteiger partial charge on any atom is 0.221 e. The number of anilines is 1. The minimum atomic E-state index is -0.103. The third-order valence-electron chi connectivity index (χ3n) is 2.57. The third-order valence-corrected chi connectivity index (χ3v) is 2.57. The summed E-state index contributed by atoms with van der Waals surface area (Å²) in [4.78, 5) is 22.5. The predicted octanol–water partition coefficient (Wildman–Crippen LogP) is 1.26. The van der Waals surface area contributed by atoms with E-state index in [1.54, 1.807) is 0 Å². The Bertz CT molecular complexity index is 432. The van der Waals surface area contributed by atoms with Crippen LogP contribution in [-0.2, 0) is 16.1 Å². The van der Waals surface area contributed by atoms with Crippen molar-refractivity contribution < 1.29 is 9.59 Å². The van der Waals surface area contributed by atoms with E-state index in [1.807, 2.05) is 31.3 Å². The van der Waals surface area contributed by atoms with Crippen LogP contribution in [0.4, 0.5) is 5.69 Å². The first kappa shape index (κ1) is 15.2. The summed E-state index contributed by atoms with van der Waals surface area (Å²) in [7, 11) is 1.87. The molecule has 0 aliphatic carbocycles. The molecule has 0 spiro atoms. The number of hydrogen-bond acceptors (Lipinski definition) is 3. The van der Waals surface area contributed by atoms with Gasteiger partial charge in [0.25, 0.3) is 0 Å². The van der Waals surface area contributed by atoms with E-state index in [0.717, 1.165) is 24.2 Å². The molecule has 0 aromatic heterocycles. The summed E-state index contributed by atoms with van der Waals surface area (Å²) in [5.74, 6) is -0.0616. The molecule has 3 N–H and O–H groups in total. The molecule has 0 aliphatic heterocycles. The average Bonchev–Trinajstić information content (AvgIpc) is 2.36. The van der Waals surface area contributed by atoms with Crippen LogP contribution in [0.25, 0.3) is 0 Å². The van der Waals surface area contributed by atoms with E-state index in [0.29, 0.717) is 13.0 Å². The van der Waals surface area contributed by atoms with Gasteiger partial charge < -0.3 is 16.0 Å². The van der Waals surface area contributed by atoms with Crippen LogP contribution >= 0.6 is 0 Å². The Labute approximate surface area is 113 Å². The Morgan fingerprint density at radius 3 is 2.74 bits per heavy atom. The minimum absolute atomic E-state index is 0.0418. The van der Waals surface area contributed by atoms with Crippen molar-refractivity contribution in [1.82, 2.24) is 10.6 Å². The van der Waals surface area contributed by atoms with Crippen LogP contribution in [0.2, 0.25) is 0 Å². The quantitative estimate of drug-likeness (QED) is 0.649. The van der Waals surface area contributed by atoms with Crippen LogP contribution in [0.3, 0.4) is 0 Å². The van der Waals surface area contributed by atoms with Gasteiger partial charge in [0, 0.05) is 25.6 Å². The van der Waals surface area contributed by atoms with E-state index >= 15 is 0 Å². The molecule has 2 amide bonds. The van der Waals surface area contributed by atoms with Crippen molar-refractivity contribution in [1.29, 1.82) is 0 Å². The molecule has 0 bridgehead atoms. The molecule has 0 atom stereocenters. The molecule has 104 valence electrons. The molecule has 19 heavy (non-hydrogen) atoms. The summed E-state index contributed by atoms with van der Waals surface area (Å²) in [6, 6.07) is 7.45. The highest BCUT2D eigenvalue weighted by molar-refractivity contribution is 5.88. The Hall–Kier alpha value is -1.88. The molecular weight excluding hydrogens is 242 g/mol. The zero-order valence-corrected chi connectivity index (χ0v) is 11.5. The zero-order valence-electron chi connectivity index (χ0n) is 11.5. The molecule has 0 unspecified atom stereocenters. The van der Waals surface area contributed by atoms with Gasteiger partial charge in [0.15, 0.2) is 0 Å². The van der Waals surface area contributed by atoms with Gasteiger partial charge in [0.1, 0.15) is 0 Å². The standard InChI is InChI=1S/C14H21N3O2/c1-11(18)17-13-6-3-5-12(9-13)10-16-14(19)7-4-8-15-2/h3,5-6,9,15H,4,7-8,10H2,1-2H3,(H,16,19)(H,17,18). The van der Waals surface area contributed by atoms with Crippen LogP contribution < -0.4 is 16.0 Å². The second-order valence-corrected chi connectivity index (χ2v) is 4.37. The molecule has 0 aliphatic rings. The van der Waals surface area contributed by atoms with Crippen molar-refractivity contribution in [3.8, 4) is 0 Å². The van der Waals surface area contributed by atoms with Crippen LogP contribution in [-0.4, -0.2) is 25.4 Å². The smallest absolute Gasteiger partial charge is 0.221 e. The van der Waals surface area contributed by atoms with Gasteiger partial charge in [-0.2, -0.15) is 0 Å². The topological polar surface area (TPSA) is 70.2 Å². The van der Waals surface area contributed by atoms with Crippen LogP contribution in [0, 0.1) is 0 Å². The number of nitrogens with one attached hydrogen (secondary N) is 3. The molecule has 0 saturated heterocycles. The van der Waals surface area contributed by atoms with E-state index in [9.17, 15) is 9.59 Å². The van der Waals surface area contributed by atoms with Gasteiger partial charge in [0.2, 0.25) is 11.8 Å². The van der Waals surface area contributed by atoms with Gasteiger partial charge in [-0.3, -0.25) is 9.59 Å². The summed E-state index contributed by atoms with van der Waals surface area (Å²) < 4.78 is 0. The number of rotatable bonds is 7. The molecule has 5 heteroatoms. The third kappa shape index (κ3) is 6.57. The molecule has 1 rings (SSSR count). The lowest BCUT2D eigenvalue weighted by atomic mass is 10.2. The zero-order chi connectivity index (χ0) is 14.1. The highest BCUT2D eigenvalue weighted by Gasteiger charge is 2.02. The number of benzene rings is 1. The summed E-state index contributed by atoms with van der Waals surface area (Å²) in [6.45, 7) is 2.79. The van der Waals surface area contributed by atoms with Crippen molar-refractivity contribution in [3.05, 3.63) is 29.8 Å². The summed E-state index contributed by atoms with van der Waals surface area (Å²) in [5.41, 5.74) is 1.71. The maximum absolute atomic E-state index is 11.5. The number of amides is 2. The van der Waals surface area contributed by atoms with Crippen molar-refractivity contribution in [3.63, 3.8) is 0 Å². The summed E-state index contributed by atoms with van der Waals surface area (Å²) >= 11 is 0. The highest BCUT2D eigenvalue weighted by atomic mass is 16.2. The summed E-state index contributed by atoms with van der Waals surface area (Å²) in [6.07, 6.45) is 1.35. The normalized spacial score (nSPS) is 10.0. The van der Waals surface area contributed by atoms with Gasteiger partial charge >= 0.3 is 0 Å². The van der Waals surface area contributed by atoms with E-state index in [2.05, 4.69) is 16.0 Å². The van der Waals surface area contributed by atoms with E-state index < -0.39 is 0 Å². The van der Waals surface area contributed by atoms with Crippen molar-refractivity contribution in [2.24, 2.45) is 0 Å². The first-order chi connectivity index (χ1) is 9.11. The van der Waals surface area contributed by atoms with E-state index in [4.69, 9.17) is 0 Å². The summed E-state index contributed by atoms with van der Waals surface area (Å²) in [5, 5.41) is 8.58. The van der Waals surface area contributed by atoms with Crippen molar-refractivity contribution in [2.45, 2.75) is 26.3 Å². The molecule has 1 aromatic rings. The molecule has 1 aromatic carbocycles. The number of carbonyl (C=O) groups excluding carboxylic acids is 2. The Morgan fingerprint density at radius 1 is 1.26 bits per heavy atom. The fourth-order valence-electron chi connectivity index (χ4n) is 1.68. The van der Waals surface area contributed by atoms with Crippen LogP contribution in [0.15, 0.2) is 24.3 Å². The van der Waals surface area contributed by atoms with Crippen LogP contribution in [0.1, 0.15) is 25.3 Å². The van der Waals surface area contributed by atoms with Gasteiger partial charge in [-0.05, 0) is 37.7 Å². The fourth-order valence-corrected chi connectivity index (χ4v) is 1.68. The monoisotopic (exact) mass is 263 g/mol. The van der Waals surface area contributed by atoms with E-state index in [-0.39, 0.29) is 11.8 Å². The van der Waals surface area contributed by atoms with Gasteiger partial charge in [-0.15, -0.1) is 0 Å². The van der Waals surface area contributed by atoms with E-state index in [1.165, 1.54) is 6.92 Å². The SMILES string of the molecule is CNCCCC(=O)NCc1cccc(NC(C)=O)c1. The lowest BCUT2D eigenvalue weighted by Gasteiger charge is -2.07. The lowest BCUT2D eigenvalue weighted by Crippen LogP contribution is -2.23. The first-order valence-corrected chi connectivity index (χ1v) is 6.39. The predicted molar refractivity (Wildman–Crippen MR) is 75.8 cm³/mol.